The maximum absolute atomic E-state index is 14.0. The van der Waals surface area contributed by atoms with Gasteiger partial charge in [0.2, 0.25) is 0 Å². The summed E-state index contributed by atoms with van der Waals surface area (Å²) < 4.78 is 6.50. The Morgan fingerprint density at radius 3 is 2.29 bits per heavy atom. The van der Waals surface area contributed by atoms with E-state index in [9.17, 15) is 29.5 Å². The molecular weight excluding hydrogens is 722 g/mol. The highest BCUT2D eigenvalue weighted by atomic mass is 79.9. The summed E-state index contributed by atoms with van der Waals surface area (Å²) in [7, 11) is 1.34. The van der Waals surface area contributed by atoms with E-state index < -0.39 is 12.2 Å². The molecule has 1 atom stereocenters. The molecule has 4 aliphatic heterocycles. The average molecular weight is 771 g/mol. The number of anilines is 1. The Morgan fingerprint density at radius 1 is 0.922 bits per heavy atom. The van der Waals surface area contributed by atoms with Gasteiger partial charge < -0.3 is 29.9 Å². The van der Waals surface area contributed by atoms with E-state index in [4.69, 9.17) is 4.74 Å². The third kappa shape index (κ3) is 9.12. The van der Waals surface area contributed by atoms with Crippen LogP contribution in [0.3, 0.4) is 0 Å². The number of aromatic hydroxyl groups is 1. The van der Waals surface area contributed by atoms with E-state index in [2.05, 4.69) is 31.0 Å². The van der Waals surface area contributed by atoms with Crippen molar-refractivity contribution < 1.29 is 34.2 Å². The molecule has 276 valence electrons. The molecule has 4 aliphatic rings. The minimum Gasteiger partial charge on any atom is -0.507 e. The number of para-hydroxylation sites is 1. The largest absolute Gasteiger partial charge is 0.507 e. The summed E-state index contributed by atoms with van der Waals surface area (Å²) in [5.41, 5.74) is 2.69. The number of ether oxygens (including phenoxy) is 1. The molecule has 0 radical (unpaired) electrons. The molecule has 0 aromatic heterocycles. The van der Waals surface area contributed by atoms with Crippen LogP contribution in [0.1, 0.15) is 36.8 Å². The summed E-state index contributed by atoms with van der Waals surface area (Å²) in [5, 5.41) is 23.1. The molecule has 0 spiro atoms. The standard InChI is InChI=1S/C36H48BrN7O7/c1-39(50)33(46)24-40-13-9-27(10-14-40)41-18-20-42(21-19-41)34(47)32(23-25-6-7-31(45)29(37)22-25)51-36(49)43-15-11-28(12-16-43)44-17-8-26-4-2-3-5-30(26)38-35(44)48/h2-7,22,27-28,32,45,50H,8-21,23-24H2,1H3,(H,38,48). The molecule has 14 nitrogen and oxygen atoms in total. The lowest BCUT2D eigenvalue weighted by Gasteiger charge is -2.43. The van der Waals surface area contributed by atoms with Gasteiger partial charge in [0.25, 0.3) is 11.8 Å². The molecule has 2 aromatic rings. The van der Waals surface area contributed by atoms with E-state index >= 15 is 0 Å². The SMILES string of the molecule is CN(O)C(=O)CN1CCC(N2CCN(C(=O)C(Cc3ccc(O)c(Br)c3)OC(=O)N3CCC(N4CCc5ccccc5NC4=O)CC3)CC2)CC1. The number of nitrogens with one attached hydrogen (secondary N) is 1. The zero-order valence-corrected chi connectivity index (χ0v) is 30.7. The number of piperazine rings is 1. The monoisotopic (exact) mass is 769 g/mol. The van der Waals surface area contributed by atoms with E-state index in [1.54, 1.807) is 28.0 Å². The van der Waals surface area contributed by atoms with Gasteiger partial charge in [0, 0.05) is 90.1 Å². The number of benzene rings is 2. The van der Waals surface area contributed by atoms with Crippen LogP contribution in [-0.2, 0) is 27.2 Å². The van der Waals surface area contributed by atoms with Crippen molar-refractivity contribution in [2.24, 2.45) is 0 Å². The van der Waals surface area contributed by atoms with Crippen LogP contribution in [0.2, 0.25) is 0 Å². The number of fused-ring (bicyclic) bond motifs is 1. The molecule has 3 N–H and O–H groups in total. The first kappa shape index (κ1) is 36.9. The van der Waals surface area contributed by atoms with Crippen LogP contribution < -0.4 is 5.32 Å². The molecular formula is C36H48BrN7O7. The van der Waals surface area contributed by atoms with Gasteiger partial charge in [0.1, 0.15) is 5.75 Å². The van der Waals surface area contributed by atoms with Crippen LogP contribution in [0.4, 0.5) is 15.3 Å². The van der Waals surface area contributed by atoms with Gasteiger partial charge in [-0.15, -0.1) is 0 Å². The number of phenols is 1. The molecule has 3 saturated heterocycles. The second kappa shape index (κ2) is 16.6. The van der Waals surface area contributed by atoms with Gasteiger partial charge >= 0.3 is 12.1 Å². The molecule has 4 heterocycles. The average Bonchev–Trinajstić information content (AvgIpc) is 3.31. The zero-order chi connectivity index (χ0) is 36.1. The third-order valence-electron chi connectivity index (χ3n) is 10.7. The topological polar surface area (TPSA) is 149 Å². The van der Waals surface area contributed by atoms with Crippen LogP contribution in [0.15, 0.2) is 46.9 Å². The Hall–Kier alpha value is -3.92. The van der Waals surface area contributed by atoms with E-state index in [1.807, 2.05) is 29.2 Å². The van der Waals surface area contributed by atoms with Crippen LogP contribution in [0.5, 0.6) is 5.75 Å². The van der Waals surface area contributed by atoms with Crippen molar-refractivity contribution in [3.8, 4) is 5.75 Å². The molecule has 0 saturated carbocycles. The van der Waals surface area contributed by atoms with E-state index in [-0.39, 0.29) is 42.6 Å². The van der Waals surface area contributed by atoms with Crippen LogP contribution in [0, 0.1) is 0 Å². The lowest BCUT2D eigenvalue weighted by molar-refractivity contribution is -0.160. The van der Waals surface area contributed by atoms with Crippen molar-refractivity contribution in [2.75, 3.05) is 77.8 Å². The minimum absolute atomic E-state index is 0.0107. The first-order valence-electron chi connectivity index (χ1n) is 17.8. The maximum atomic E-state index is 14.0. The number of likely N-dealkylation sites (N-methyl/N-ethyl adjacent to an activating group) is 1. The number of likely N-dealkylation sites (tertiary alicyclic amines) is 2. The highest BCUT2D eigenvalue weighted by molar-refractivity contribution is 9.10. The number of carbonyl (C=O) groups excluding carboxylic acids is 4. The van der Waals surface area contributed by atoms with Crippen molar-refractivity contribution in [3.05, 3.63) is 58.1 Å². The lowest BCUT2D eigenvalue weighted by atomic mass is 10.0. The molecule has 2 aromatic carbocycles. The number of hydrogen-bond donors (Lipinski definition) is 3. The fraction of sp³-hybridized carbons (Fsp3) is 0.556. The van der Waals surface area contributed by atoms with Crippen molar-refractivity contribution in [1.29, 1.82) is 0 Å². The van der Waals surface area contributed by atoms with Crippen molar-refractivity contribution in [2.45, 2.75) is 56.7 Å². The van der Waals surface area contributed by atoms with Crippen molar-refractivity contribution in [1.82, 2.24) is 29.6 Å². The summed E-state index contributed by atoms with van der Waals surface area (Å²) in [6, 6.07) is 13.0. The first-order chi connectivity index (χ1) is 24.5. The number of nitrogens with zero attached hydrogens (tertiary/aromatic N) is 6. The second-order valence-corrected chi connectivity index (χ2v) is 14.8. The number of phenolic OH excluding ortho intramolecular Hbond substituents is 1. The van der Waals surface area contributed by atoms with Gasteiger partial charge in [0.15, 0.2) is 6.10 Å². The second-order valence-electron chi connectivity index (χ2n) is 13.9. The maximum Gasteiger partial charge on any atom is 0.410 e. The summed E-state index contributed by atoms with van der Waals surface area (Å²) in [6.45, 7) is 5.56. The number of amides is 5. The number of rotatable bonds is 8. The summed E-state index contributed by atoms with van der Waals surface area (Å²) in [5.74, 6) is -0.490. The third-order valence-corrected chi connectivity index (χ3v) is 11.3. The Balaban J connectivity index is 1.03. The van der Waals surface area contributed by atoms with Gasteiger partial charge in [-0.1, -0.05) is 24.3 Å². The molecule has 3 fully saturated rings. The van der Waals surface area contributed by atoms with Gasteiger partial charge in [-0.2, -0.15) is 0 Å². The molecule has 6 rings (SSSR count). The Labute approximate surface area is 307 Å². The van der Waals surface area contributed by atoms with Crippen LogP contribution in [-0.4, -0.2) is 154 Å². The quantitative estimate of drug-likeness (QED) is 0.272. The van der Waals surface area contributed by atoms with E-state index in [0.29, 0.717) is 74.2 Å². The highest BCUT2D eigenvalue weighted by Gasteiger charge is 2.36. The lowest BCUT2D eigenvalue weighted by Crippen LogP contribution is -2.57. The number of hydrogen-bond acceptors (Lipinski definition) is 9. The number of piperidine rings is 2. The predicted octanol–water partition coefficient (Wildman–Crippen LogP) is 3.21. The minimum atomic E-state index is -1.04. The van der Waals surface area contributed by atoms with Gasteiger partial charge in [-0.25, -0.2) is 14.7 Å². The Morgan fingerprint density at radius 2 is 1.61 bits per heavy atom. The van der Waals surface area contributed by atoms with Crippen molar-refractivity contribution in [3.63, 3.8) is 0 Å². The Bertz CT molecular complexity index is 1570. The molecule has 1 unspecified atom stereocenters. The normalized spacial score (nSPS) is 20.3. The van der Waals surface area contributed by atoms with E-state index in [1.165, 1.54) is 7.05 Å². The molecule has 5 amide bonds. The van der Waals surface area contributed by atoms with Crippen LogP contribution >= 0.6 is 15.9 Å². The Kier molecular flexibility index (Phi) is 12.0. The first-order valence-corrected chi connectivity index (χ1v) is 18.6. The fourth-order valence-corrected chi connectivity index (χ4v) is 8.04. The molecule has 0 bridgehead atoms. The number of carbonyl (C=O) groups is 4. The summed E-state index contributed by atoms with van der Waals surface area (Å²) >= 11 is 3.35. The summed E-state index contributed by atoms with van der Waals surface area (Å²) in [6.07, 6.45) is 2.35. The fourth-order valence-electron chi connectivity index (χ4n) is 7.61. The van der Waals surface area contributed by atoms with Gasteiger partial charge in [-0.05, 0) is 77.4 Å². The highest BCUT2D eigenvalue weighted by Crippen LogP contribution is 2.28. The zero-order valence-electron chi connectivity index (χ0n) is 29.1. The molecule has 0 aliphatic carbocycles. The number of urea groups is 1. The summed E-state index contributed by atoms with van der Waals surface area (Å²) in [4.78, 5) is 62.3. The molecule has 51 heavy (non-hydrogen) atoms. The molecule has 15 heteroatoms. The van der Waals surface area contributed by atoms with Gasteiger partial charge in [0.05, 0.1) is 11.0 Å². The van der Waals surface area contributed by atoms with E-state index in [0.717, 1.165) is 49.2 Å². The number of hydroxylamine groups is 2. The number of halogens is 1. The van der Waals surface area contributed by atoms with Gasteiger partial charge in [-0.3, -0.25) is 24.6 Å². The van der Waals surface area contributed by atoms with Crippen LogP contribution in [0.25, 0.3) is 0 Å². The predicted molar refractivity (Wildman–Crippen MR) is 192 cm³/mol. The van der Waals surface area contributed by atoms with Crippen molar-refractivity contribution >= 4 is 45.6 Å². The smallest absolute Gasteiger partial charge is 0.410 e.